The van der Waals surface area contributed by atoms with Crippen LogP contribution in [0, 0.1) is 10.1 Å². The van der Waals surface area contributed by atoms with E-state index in [2.05, 4.69) is 5.32 Å². The Hall–Kier alpha value is -1.14. The Balaban J connectivity index is 2.04. The van der Waals surface area contributed by atoms with Crippen LogP contribution in [0.2, 0.25) is 4.34 Å². The molecule has 0 unspecified atom stereocenters. The van der Waals surface area contributed by atoms with Crippen LogP contribution < -0.4 is 5.32 Å². The van der Waals surface area contributed by atoms with E-state index < -0.39 is 4.92 Å². The Morgan fingerprint density at radius 2 is 2.11 bits per heavy atom. The first kappa shape index (κ1) is 13.3. The van der Waals surface area contributed by atoms with Crippen LogP contribution in [-0.4, -0.2) is 16.9 Å². The van der Waals surface area contributed by atoms with Crippen molar-refractivity contribution in [1.29, 1.82) is 0 Å². The van der Waals surface area contributed by atoms with Crippen molar-refractivity contribution < 1.29 is 9.72 Å². The number of rotatable bonds is 3. The molecule has 0 spiro atoms. The fourth-order valence-electron chi connectivity index (χ4n) is 2.10. The maximum Gasteiger partial charge on any atom is 0.299 e. The fraction of sp³-hybridized carbons (Fsp3) is 0.545. The Labute approximate surface area is 113 Å². The minimum atomic E-state index is -0.573. The second-order valence-electron chi connectivity index (χ2n) is 4.34. The van der Waals surface area contributed by atoms with Crippen molar-refractivity contribution in [1.82, 2.24) is 5.32 Å². The zero-order valence-electron chi connectivity index (χ0n) is 9.65. The number of thiophene rings is 1. The molecule has 98 valence electrons. The third kappa shape index (κ3) is 3.00. The molecule has 1 aliphatic rings. The van der Waals surface area contributed by atoms with Crippen molar-refractivity contribution in [3.8, 4) is 0 Å². The Kier molecular flexibility index (Phi) is 4.19. The van der Waals surface area contributed by atoms with Gasteiger partial charge in [0.15, 0.2) is 4.34 Å². The van der Waals surface area contributed by atoms with Gasteiger partial charge in [-0.05, 0) is 12.8 Å². The van der Waals surface area contributed by atoms with Crippen LogP contribution in [0.5, 0.6) is 0 Å². The minimum Gasteiger partial charge on any atom is -0.349 e. The number of nitrogens with one attached hydrogen (secondary N) is 1. The second kappa shape index (κ2) is 5.67. The van der Waals surface area contributed by atoms with Gasteiger partial charge in [0.2, 0.25) is 0 Å². The standard InChI is InChI=1S/C11H13ClN2O3S/c12-10-8(14(16)17)6-9(18-10)11(15)13-7-4-2-1-3-5-7/h6-7H,1-5H2,(H,13,15). The smallest absolute Gasteiger partial charge is 0.299 e. The first-order valence-electron chi connectivity index (χ1n) is 5.82. The predicted molar refractivity (Wildman–Crippen MR) is 70.3 cm³/mol. The van der Waals surface area contributed by atoms with E-state index in [-0.39, 0.29) is 22.0 Å². The number of hydrogen-bond acceptors (Lipinski definition) is 4. The van der Waals surface area contributed by atoms with Crippen molar-refractivity contribution in [3.63, 3.8) is 0 Å². The average molecular weight is 289 g/mol. The molecule has 5 nitrogen and oxygen atoms in total. The minimum absolute atomic E-state index is 0.0498. The summed E-state index contributed by atoms with van der Waals surface area (Å²) in [6.07, 6.45) is 5.41. The normalized spacial score (nSPS) is 16.5. The van der Waals surface area contributed by atoms with Crippen LogP contribution in [0.15, 0.2) is 6.07 Å². The quantitative estimate of drug-likeness (QED) is 0.684. The predicted octanol–water partition coefficient (Wildman–Crippen LogP) is 3.37. The molecule has 2 rings (SSSR count). The van der Waals surface area contributed by atoms with Gasteiger partial charge in [0, 0.05) is 12.1 Å². The van der Waals surface area contributed by atoms with Crippen molar-refractivity contribution >= 4 is 34.5 Å². The van der Waals surface area contributed by atoms with E-state index in [1.807, 2.05) is 0 Å². The number of nitro groups is 1. The lowest BCUT2D eigenvalue weighted by molar-refractivity contribution is -0.384. The van der Waals surface area contributed by atoms with Gasteiger partial charge in [0.05, 0.1) is 4.92 Å². The zero-order chi connectivity index (χ0) is 13.1. The van der Waals surface area contributed by atoms with Gasteiger partial charge in [-0.1, -0.05) is 30.9 Å². The summed E-state index contributed by atoms with van der Waals surface area (Å²) in [4.78, 5) is 22.3. The van der Waals surface area contributed by atoms with Crippen molar-refractivity contribution in [3.05, 3.63) is 25.4 Å². The fourth-order valence-corrected chi connectivity index (χ4v) is 3.23. The Morgan fingerprint density at radius 3 is 2.67 bits per heavy atom. The monoisotopic (exact) mass is 288 g/mol. The van der Waals surface area contributed by atoms with Gasteiger partial charge in [-0.15, -0.1) is 11.3 Å². The molecule has 0 aromatic carbocycles. The number of carbonyl (C=O) groups is 1. The van der Waals surface area contributed by atoms with Crippen LogP contribution in [0.3, 0.4) is 0 Å². The molecule has 1 fully saturated rings. The van der Waals surface area contributed by atoms with Gasteiger partial charge in [0.1, 0.15) is 4.88 Å². The highest BCUT2D eigenvalue weighted by atomic mass is 35.5. The average Bonchev–Trinajstić information content (AvgIpc) is 2.73. The van der Waals surface area contributed by atoms with Gasteiger partial charge in [0.25, 0.3) is 11.6 Å². The van der Waals surface area contributed by atoms with Crippen LogP contribution in [0.25, 0.3) is 0 Å². The van der Waals surface area contributed by atoms with E-state index in [0.29, 0.717) is 4.88 Å². The molecule has 1 aliphatic carbocycles. The molecule has 1 N–H and O–H groups in total. The number of hydrogen-bond donors (Lipinski definition) is 1. The molecule has 0 aliphatic heterocycles. The molecule has 7 heteroatoms. The summed E-state index contributed by atoms with van der Waals surface area (Å²) in [6.45, 7) is 0. The van der Waals surface area contributed by atoms with E-state index >= 15 is 0 Å². The molecule has 0 bridgehead atoms. The van der Waals surface area contributed by atoms with Crippen LogP contribution in [0.1, 0.15) is 41.8 Å². The highest BCUT2D eigenvalue weighted by Gasteiger charge is 2.23. The lowest BCUT2D eigenvalue weighted by Crippen LogP contribution is -2.35. The van der Waals surface area contributed by atoms with Crippen LogP contribution in [-0.2, 0) is 0 Å². The Morgan fingerprint density at radius 1 is 1.44 bits per heavy atom. The third-order valence-corrected chi connectivity index (χ3v) is 4.37. The van der Waals surface area contributed by atoms with E-state index in [1.165, 1.54) is 12.5 Å². The van der Waals surface area contributed by atoms with E-state index in [4.69, 9.17) is 11.6 Å². The number of amides is 1. The van der Waals surface area contributed by atoms with Gasteiger partial charge in [-0.2, -0.15) is 0 Å². The lowest BCUT2D eigenvalue weighted by atomic mass is 9.95. The molecule has 0 radical (unpaired) electrons. The molecule has 1 amide bonds. The topological polar surface area (TPSA) is 72.2 Å². The summed E-state index contributed by atoms with van der Waals surface area (Å²) in [7, 11) is 0. The first-order valence-corrected chi connectivity index (χ1v) is 7.02. The summed E-state index contributed by atoms with van der Waals surface area (Å²) in [5, 5.41) is 13.5. The molecule has 1 saturated carbocycles. The van der Waals surface area contributed by atoms with Gasteiger partial charge < -0.3 is 5.32 Å². The molecular weight excluding hydrogens is 276 g/mol. The number of carbonyl (C=O) groups excluding carboxylic acids is 1. The highest BCUT2D eigenvalue weighted by molar-refractivity contribution is 7.18. The number of nitrogens with zero attached hydrogens (tertiary/aromatic N) is 1. The van der Waals surface area contributed by atoms with Gasteiger partial charge >= 0.3 is 0 Å². The van der Waals surface area contributed by atoms with E-state index in [1.54, 1.807) is 0 Å². The lowest BCUT2D eigenvalue weighted by Gasteiger charge is -2.22. The van der Waals surface area contributed by atoms with Gasteiger partial charge in [-0.25, -0.2) is 0 Å². The molecule has 1 heterocycles. The molecule has 0 saturated heterocycles. The maximum absolute atomic E-state index is 11.9. The van der Waals surface area contributed by atoms with Crippen molar-refractivity contribution in [2.45, 2.75) is 38.1 Å². The molecular formula is C11H13ClN2O3S. The van der Waals surface area contributed by atoms with Crippen molar-refractivity contribution in [2.24, 2.45) is 0 Å². The summed E-state index contributed by atoms with van der Waals surface area (Å²) < 4.78 is 0.0498. The van der Waals surface area contributed by atoms with Crippen LogP contribution >= 0.6 is 22.9 Å². The van der Waals surface area contributed by atoms with E-state index in [0.717, 1.165) is 37.0 Å². The molecule has 1 aromatic rings. The zero-order valence-corrected chi connectivity index (χ0v) is 11.2. The SMILES string of the molecule is O=C(NC1CCCCC1)c1cc([N+](=O)[O-])c(Cl)s1. The van der Waals surface area contributed by atoms with Crippen molar-refractivity contribution in [2.75, 3.05) is 0 Å². The largest absolute Gasteiger partial charge is 0.349 e. The Bertz CT molecular complexity index is 469. The summed E-state index contributed by atoms with van der Waals surface area (Å²) in [6, 6.07) is 1.43. The molecule has 18 heavy (non-hydrogen) atoms. The number of halogens is 1. The molecule has 1 aromatic heterocycles. The molecule has 0 atom stereocenters. The van der Waals surface area contributed by atoms with E-state index in [9.17, 15) is 14.9 Å². The third-order valence-electron chi connectivity index (χ3n) is 3.03. The summed E-state index contributed by atoms with van der Waals surface area (Å²) >= 11 is 6.67. The van der Waals surface area contributed by atoms with Gasteiger partial charge in [-0.3, -0.25) is 14.9 Å². The second-order valence-corrected chi connectivity index (χ2v) is 5.99. The van der Waals surface area contributed by atoms with Crippen LogP contribution in [0.4, 0.5) is 5.69 Å². The summed E-state index contributed by atoms with van der Waals surface area (Å²) in [5.41, 5.74) is -0.199. The first-order chi connectivity index (χ1) is 8.58. The highest BCUT2D eigenvalue weighted by Crippen LogP contribution is 2.33. The maximum atomic E-state index is 11.9. The summed E-state index contributed by atoms with van der Waals surface area (Å²) in [5.74, 6) is -0.262.